The maximum atomic E-state index is 11.2. The van der Waals surface area contributed by atoms with E-state index in [1.54, 1.807) is 6.07 Å². The molecule has 0 radical (unpaired) electrons. The lowest BCUT2D eigenvalue weighted by atomic mass is 9.51. The first kappa shape index (κ1) is 15.7. The van der Waals surface area contributed by atoms with Gasteiger partial charge in [0.05, 0.1) is 12.5 Å². The highest BCUT2D eigenvalue weighted by Gasteiger charge is 2.60. The molecule has 0 heterocycles. The number of rotatable bonds is 2. The number of hydrogen-bond acceptors (Lipinski definition) is 3. The molecule has 0 saturated heterocycles. The first-order valence-electron chi connectivity index (χ1n) is 9.15. The molecule has 0 aliphatic heterocycles. The summed E-state index contributed by atoms with van der Waals surface area (Å²) >= 11 is 0. The second-order valence-electron chi connectivity index (χ2n) is 7.88. The molecule has 1 aromatic carbocycles. The number of nitriles is 1. The summed E-state index contributed by atoms with van der Waals surface area (Å²) in [7, 11) is 0. The van der Waals surface area contributed by atoms with Gasteiger partial charge in [0.1, 0.15) is 11.4 Å². The van der Waals surface area contributed by atoms with Crippen LogP contribution in [0.15, 0.2) is 30.4 Å². The van der Waals surface area contributed by atoms with Crippen LogP contribution in [0.2, 0.25) is 0 Å². The Kier molecular flexibility index (Phi) is 3.51. The van der Waals surface area contributed by atoms with Gasteiger partial charge in [0.15, 0.2) is 0 Å². The number of phenolic OH excluding ortho intramolecular Hbond substituents is 1. The van der Waals surface area contributed by atoms with E-state index in [1.807, 2.05) is 12.1 Å². The van der Waals surface area contributed by atoms with Gasteiger partial charge in [-0.3, -0.25) is 0 Å². The van der Waals surface area contributed by atoms with Crippen molar-refractivity contribution in [3.05, 3.63) is 41.5 Å². The van der Waals surface area contributed by atoms with Gasteiger partial charge in [0, 0.05) is 5.41 Å². The van der Waals surface area contributed by atoms with E-state index in [4.69, 9.17) is 0 Å². The Bertz CT molecular complexity index is 734. The quantitative estimate of drug-likeness (QED) is 0.807. The van der Waals surface area contributed by atoms with E-state index >= 15 is 0 Å². The summed E-state index contributed by atoms with van der Waals surface area (Å²) in [6.07, 6.45) is 9.35. The van der Waals surface area contributed by atoms with Crippen LogP contribution in [0, 0.1) is 28.6 Å². The molecular formula is C21H25NO2. The average Bonchev–Trinajstić information content (AvgIpc) is 2.88. The van der Waals surface area contributed by atoms with Gasteiger partial charge in [0.25, 0.3) is 0 Å². The molecule has 1 aromatic rings. The fourth-order valence-corrected chi connectivity index (χ4v) is 6.05. The van der Waals surface area contributed by atoms with E-state index in [-0.39, 0.29) is 11.8 Å². The summed E-state index contributed by atoms with van der Waals surface area (Å²) in [6, 6.07) is 8.03. The van der Waals surface area contributed by atoms with Crippen molar-refractivity contribution >= 4 is 0 Å². The summed E-state index contributed by atoms with van der Waals surface area (Å²) in [6.45, 7) is 2.16. The molecule has 5 atom stereocenters. The van der Waals surface area contributed by atoms with E-state index in [1.165, 1.54) is 11.1 Å². The normalized spacial score (nSPS) is 39.6. The minimum atomic E-state index is -0.971. The highest BCUT2D eigenvalue weighted by Crippen LogP contribution is 2.63. The molecule has 0 aromatic heterocycles. The Morgan fingerprint density at radius 2 is 2.17 bits per heavy atom. The van der Waals surface area contributed by atoms with Crippen molar-refractivity contribution in [3.8, 4) is 11.8 Å². The molecule has 3 aliphatic carbocycles. The average molecular weight is 323 g/mol. The van der Waals surface area contributed by atoms with Crippen LogP contribution in [0.1, 0.15) is 56.1 Å². The smallest absolute Gasteiger partial charge is 0.115 e. The van der Waals surface area contributed by atoms with Crippen LogP contribution in [-0.4, -0.2) is 15.8 Å². The number of allylic oxidation sites excluding steroid dienone is 1. The van der Waals surface area contributed by atoms with Gasteiger partial charge >= 0.3 is 0 Å². The first-order valence-corrected chi connectivity index (χ1v) is 9.15. The SMILES string of the molecule is CCC12CC[C@@H]3c4ccc(O)cc4CC[C@H]3[C@@H]1C=C[C@@]2(O)CC#N. The number of nitrogens with zero attached hydrogens (tertiary/aromatic N) is 1. The topological polar surface area (TPSA) is 64.2 Å². The highest BCUT2D eigenvalue weighted by molar-refractivity contribution is 5.41. The third-order valence-corrected chi connectivity index (χ3v) is 7.21. The molecule has 0 spiro atoms. The number of benzene rings is 1. The molecule has 1 fully saturated rings. The van der Waals surface area contributed by atoms with Crippen molar-refractivity contribution in [2.75, 3.05) is 0 Å². The van der Waals surface area contributed by atoms with Gasteiger partial charge in [-0.15, -0.1) is 0 Å². The van der Waals surface area contributed by atoms with Crippen LogP contribution in [0.25, 0.3) is 0 Å². The molecule has 1 unspecified atom stereocenters. The molecule has 3 aliphatic rings. The van der Waals surface area contributed by atoms with Gasteiger partial charge in [0.2, 0.25) is 0 Å². The Morgan fingerprint density at radius 1 is 1.33 bits per heavy atom. The molecule has 3 heteroatoms. The van der Waals surface area contributed by atoms with Gasteiger partial charge in [-0.05, 0) is 73.1 Å². The molecule has 1 saturated carbocycles. The summed E-state index contributed by atoms with van der Waals surface area (Å²) in [5.41, 5.74) is 1.52. The fraction of sp³-hybridized carbons (Fsp3) is 0.571. The Hall–Kier alpha value is -1.79. The number of aryl methyl sites for hydroxylation is 1. The largest absolute Gasteiger partial charge is 0.508 e. The lowest BCUT2D eigenvalue weighted by Gasteiger charge is -2.54. The van der Waals surface area contributed by atoms with Crippen molar-refractivity contribution in [1.29, 1.82) is 5.26 Å². The van der Waals surface area contributed by atoms with E-state index < -0.39 is 5.60 Å². The standard InChI is InChI=1S/C21H25NO2/c1-2-20-9-7-17-16-6-4-15(23)13-14(16)3-5-18(17)19(20)8-10-21(20,24)11-12-22/h4,6,8,10,13,17-19,23-24H,2-3,5,7,9,11H2,1H3/t17-,18-,19+,20?,21-/m1/s1. The van der Waals surface area contributed by atoms with Crippen LogP contribution < -0.4 is 0 Å². The van der Waals surface area contributed by atoms with E-state index in [9.17, 15) is 15.5 Å². The third-order valence-electron chi connectivity index (χ3n) is 7.21. The zero-order chi connectivity index (χ0) is 16.9. The Labute approximate surface area is 143 Å². The monoisotopic (exact) mass is 323 g/mol. The molecule has 4 rings (SSSR count). The van der Waals surface area contributed by atoms with E-state index in [0.717, 1.165) is 32.1 Å². The summed E-state index contributed by atoms with van der Waals surface area (Å²) in [5.74, 6) is 1.74. The van der Waals surface area contributed by atoms with Gasteiger partial charge in [-0.1, -0.05) is 25.1 Å². The van der Waals surface area contributed by atoms with Crippen molar-refractivity contribution in [2.24, 2.45) is 17.3 Å². The lowest BCUT2D eigenvalue weighted by Crippen LogP contribution is -2.52. The Balaban J connectivity index is 1.73. The summed E-state index contributed by atoms with van der Waals surface area (Å²) in [5, 5.41) is 30.2. The zero-order valence-corrected chi connectivity index (χ0v) is 14.2. The first-order chi connectivity index (χ1) is 11.5. The number of aromatic hydroxyl groups is 1. The Morgan fingerprint density at radius 3 is 2.92 bits per heavy atom. The molecule has 0 amide bonds. The zero-order valence-electron chi connectivity index (χ0n) is 14.2. The summed E-state index contributed by atoms with van der Waals surface area (Å²) in [4.78, 5) is 0. The molecule has 126 valence electrons. The lowest BCUT2D eigenvalue weighted by molar-refractivity contribution is -0.0971. The fourth-order valence-electron chi connectivity index (χ4n) is 6.05. The predicted octanol–water partition coefficient (Wildman–Crippen LogP) is 4.06. The highest BCUT2D eigenvalue weighted by atomic mass is 16.3. The number of phenols is 1. The molecular weight excluding hydrogens is 298 g/mol. The van der Waals surface area contributed by atoms with Crippen molar-refractivity contribution < 1.29 is 10.2 Å². The van der Waals surface area contributed by atoms with Crippen LogP contribution in [0.3, 0.4) is 0 Å². The second-order valence-corrected chi connectivity index (χ2v) is 7.88. The van der Waals surface area contributed by atoms with Gasteiger partial charge in [-0.25, -0.2) is 0 Å². The van der Waals surface area contributed by atoms with Gasteiger partial charge < -0.3 is 10.2 Å². The third kappa shape index (κ3) is 1.93. The molecule has 24 heavy (non-hydrogen) atoms. The minimum Gasteiger partial charge on any atom is -0.508 e. The molecule has 3 nitrogen and oxygen atoms in total. The number of fused-ring (bicyclic) bond motifs is 5. The van der Waals surface area contributed by atoms with Crippen molar-refractivity contribution in [1.82, 2.24) is 0 Å². The minimum absolute atomic E-state index is 0.182. The van der Waals surface area contributed by atoms with E-state index in [0.29, 0.717) is 23.5 Å². The maximum Gasteiger partial charge on any atom is 0.115 e. The predicted molar refractivity (Wildman–Crippen MR) is 92.4 cm³/mol. The second kappa shape index (κ2) is 5.36. The summed E-state index contributed by atoms with van der Waals surface area (Å²) < 4.78 is 0. The van der Waals surface area contributed by atoms with Crippen LogP contribution in [0.5, 0.6) is 5.75 Å². The molecule has 2 N–H and O–H groups in total. The van der Waals surface area contributed by atoms with Gasteiger partial charge in [-0.2, -0.15) is 5.26 Å². The van der Waals surface area contributed by atoms with Crippen LogP contribution in [0.4, 0.5) is 0 Å². The van der Waals surface area contributed by atoms with Crippen LogP contribution >= 0.6 is 0 Å². The van der Waals surface area contributed by atoms with Crippen molar-refractivity contribution in [3.63, 3.8) is 0 Å². The van der Waals surface area contributed by atoms with E-state index in [2.05, 4.69) is 25.1 Å². The maximum absolute atomic E-state index is 11.2. The molecule has 0 bridgehead atoms. The van der Waals surface area contributed by atoms with Crippen LogP contribution in [-0.2, 0) is 6.42 Å². The number of hydrogen-bond donors (Lipinski definition) is 2. The van der Waals surface area contributed by atoms with Crippen molar-refractivity contribution in [2.45, 2.75) is 57.0 Å². The number of aliphatic hydroxyl groups is 1.